The van der Waals surface area contributed by atoms with Gasteiger partial charge < -0.3 is 10.2 Å². The van der Waals surface area contributed by atoms with Gasteiger partial charge in [-0.25, -0.2) is 0 Å². The molecular weight excluding hydrogens is 269 g/mol. The van der Waals surface area contributed by atoms with E-state index >= 15 is 0 Å². The van der Waals surface area contributed by atoms with Crippen molar-refractivity contribution < 1.29 is 18.0 Å². The van der Waals surface area contributed by atoms with Crippen molar-refractivity contribution in [2.24, 2.45) is 0 Å². The number of alkyl halides is 3. The third kappa shape index (κ3) is 3.12. The molecule has 6 heteroatoms. The molecule has 110 valence electrons. The lowest BCUT2D eigenvalue weighted by Crippen LogP contribution is -2.58. The Hall–Kier alpha value is -1.56. The first-order chi connectivity index (χ1) is 9.21. The smallest absolute Gasteiger partial charge is 0.336 e. The largest absolute Gasteiger partial charge is 0.417 e. The maximum Gasteiger partial charge on any atom is 0.417 e. The Morgan fingerprint density at radius 1 is 1.30 bits per heavy atom. The summed E-state index contributed by atoms with van der Waals surface area (Å²) >= 11 is 0. The lowest BCUT2D eigenvalue weighted by Gasteiger charge is -2.39. The summed E-state index contributed by atoms with van der Waals surface area (Å²) in [6, 6.07) is 4.93. The zero-order chi connectivity index (χ0) is 15.0. The van der Waals surface area contributed by atoms with Crippen LogP contribution in [0, 0.1) is 0 Å². The van der Waals surface area contributed by atoms with Crippen molar-refractivity contribution in [3.8, 4) is 0 Å². The van der Waals surface area contributed by atoms with Crippen molar-refractivity contribution in [2.45, 2.75) is 25.6 Å². The second kappa shape index (κ2) is 5.09. The van der Waals surface area contributed by atoms with Crippen molar-refractivity contribution in [1.82, 2.24) is 10.2 Å². The zero-order valence-electron chi connectivity index (χ0n) is 11.4. The quantitative estimate of drug-likeness (QED) is 0.860. The van der Waals surface area contributed by atoms with Gasteiger partial charge in [0.15, 0.2) is 0 Å². The summed E-state index contributed by atoms with van der Waals surface area (Å²) in [7, 11) is 0. The van der Waals surface area contributed by atoms with E-state index in [0.717, 1.165) is 6.07 Å². The highest BCUT2D eigenvalue weighted by molar-refractivity contribution is 5.96. The molecule has 0 bridgehead atoms. The van der Waals surface area contributed by atoms with Gasteiger partial charge in [0, 0.05) is 25.2 Å². The predicted molar refractivity (Wildman–Crippen MR) is 69.4 cm³/mol. The van der Waals surface area contributed by atoms with E-state index in [0.29, 0.717) is 19.6 Å². The first kappa shape index (κ1) is 14.8. The van der Waals surface area contributed by atoms with E-state index in [1.807, 2.05) is 13.8 Å². The Bertz CT molecular complexity index is 511. The fourth-order valence-corrected chi connectivity index (χ4v) is 2.40. The Balaban J connectivity index is 2.30. The SMILES string of the molecule is CC1(C)CN(C(=O)c2ccccc2C(F)(F)F)CCN1. The number of hydrogen-bond donors (Lipinski definition) is 1. The third-order valence-corrected chi connectivity index (χ3v) is 3.32. The van der Waals surface area contributed by atoms with Gasteiger partial charge in [-0.2, -0.15) is 13.2 Å². The van der Waals surface area contributed by atoms with Gasteiger partial charge in [-0.15, -0.1) is 0 Å². The van der Waals surface area contributed by atoms with Crippen molar-refractivity contribution in [1.29, 1.82) is 0 Å². The maximum atomic E-state index is 12.9. The highest BCUT2D eigenvalue weighted by Gasteiger charge is 2.37. The molecule has 1 N–H and O–H groups in total. The summed E-state index contributed by atoms with van der Waals surface area (Å²) in [4.78, 5) is 13.8. The van der Waals surface area contributed by atoms with Crippen LogP contribution in [0.3, 0.4) is 0 Å². The molecule has 1 aliphatic rings. The lowest BCUT2D eigenvalue weighted by molar-refractivity contribution is -0.138. The highest BCUT2D eigenvalue weighted by Crippen LogP contribution is 2.32. The zero-order valence-corrected chi connectivity index (χ0v) is 11.4. The number of carbonyl (C=O) groups is 1. The number of carbonyl (C=O) groups excluding carboxylic acids is 1. The van der Waals surface area contributed by atoms with E-state index in [4.69, 9.17) is 0 Å². The molecule has 1 heterocycles. The summed E-state index contributed by atoms with van der Waals surface area (Å²) in [5.74, 6) is -0.562. The molecule has 3 nitrogen and oxygen atoms in total. The van der Waals surface area contributed by atoms with Crippen molar-refractivity contribution in [3.05, 3.63) is 35.4 Å². The van der Waals surface area contributed by atoms with Crippen LogP contribution < -0.4 is 5.32 Å². The third-order valence-electron chi connectivity index (χ3n) is 3.32. The molecule has 0 unspecified atom stereocenters. The van der Waals surface area contributed by atoms with Crippen LogP contribution in [0.25, 0.3) is 0 Å². The Labute approximate surface area is 115 Å². The maximum absolute atomic E-state index is 12.9. The van der Waals surface area contributed by atoms with Crippen molar-refractivity contribution in [3.63, 3.8) is 0 Å². The summed E-state index contributed by atoms with van der Waals surface area (Å²) in [6.07, 6.45) is -4.52. The minimum absolute atomic E-state index is 0.280. The molecule has 1 aromatic rings. The second-order valence-electron chi connectivity index (χ2n) is 5.58. The van der Waals surface area contributed by atoms with Gasteiger partial charge in [-0.1, -0.05) is 12.1 Å². The number of halogens is 3. The molecule has 0 aromatic heterocycles. The Morgan fingerprint density at radius 2 is 1.95 bits per heavy atom. The fraction of sp³-hybridized carbons (Fsp3) is 0.500. The molecule has 20 heavy (non-hydrogen) atoms. The number of amides is 1. The molecule has 1 fully saturated rings. The fourth-order valence-electron chi connectivity index (χ4n) is 2.40. The Morgan fingerprint density at radius 3 is 2.55 bits per heavy atom. The predicted octanol–water partition coefficient (Wildman–Crippen LogP) is 2.53. The average Bonchev–Trinajstić information content (AvgIpc) is 2.35. The van der Waals surface area contributed by atoms with E-state index in [9.17, 15) is 18.0 Å². The number of nitrogens with one attached hydrogen (secondary N) is 1. The van der Waals surface area contributed by atoms with E-state index in [-0.39, 0.29) is 11.1 Å². The van der Waals surface area contributed by atoms with Crippen LogP contribution in [-0.2, 0) is 6.18 Å². The highest BCUT2D eigenvalue weighted by atomic mass is 19.4. The summed E-state index contributed by atoms with van der Waals surface area (Å²) in [5.41, 5.74) is -1.44. The van der Waals surface area contributed by atoms with E-state index in [2.05, 4.69) is 5.32 Å². The molecule has 0 atom stereocenters. The van der Waals surface area contributed by atoms with Crippen LogP contribution in [0.1, 0.15) is 29.8 Å². The first-order valence-corrected chi connectivity index (χ1v) is 6.41. The van der Waals surface area contributed by atoms with Crippen LogP contribution in [0.4, 0.5) is 13.2 Å². The lowest BCUT2D eigenvalue weighted by atomic mass is 10.00. The summed E-state index contributed by atoms with van der Waals surface area (Å²) in [6.45, 7) is 5.21. The van der Waals surface area contributed by atoms with Crippen LogP contribution in [0.15, 0.2) is 24.3 Å². The van der Waals surface area contributed by atoms with Crippen LogP contribution in [0.2, 0.25) is 0 Å². The summed E-state index contributed by atoms with van der Waals surface area (Å²) in [5, 5.41) is 3.22. The second-order valence-corrected chi connectivity index (χ2v) is 5.58. The normalized spacial score (nSPS) is 18.9. The minimum atomic E-state index is -4.52. The monoisotopic (exact) mass is 286 g/mol. The summed E-state index contributed by atoms with van der Waals surface area (Å²) < 4.78 is 38.8. The standard InChI is InChI=1S/C14H17F3N2O/c1-13(2)9-19(8-7-18-13)12(20)10-5-3-4-6-11(10)14(15,16)17/h3-6,18H,7-9H2,1-2H3. The molecule has 1 amide bonds. The number of hydrogen-bond acceptors (Lipinski definition) is 2. The molecule has 0 saturated carbocycles. The van der Waals surface area contributed by atoms with Gasteiger partial charge in [-0.3, -0.25) is 4.79 Å². The van der Waals surface area contributed by atoms with Gasteiger partial charge >= 0.3 is 6.18 Å². The van der Waals surface area contributed by atoms with E-state index < -0.39 is 17.6 Å². The molecule has 1 aromatic carbocycles. The van der Waals surface area contributed by atoms with Crippen molar-refractivity contribution >= 4 is 5.91 Å². The number of piperazine rings is 1. The van der Waals surface area contributed by atoms with Crippen LogP contribution >= 0.6 is 0 Å². The minimum Gasteiger partial charge on any atom is -0.336 e. The number of benzene rings is 1. The molecular formula is C14H17F3N2O. The van der Waals surface area contributed by atoms with Crippen LogP contribution in [0.5, 0.6) is 0 Å². The first-order valence-electron chi connectivity index (χ1n) is 6.41. The molecule has 0 aliphatic carbocycles. The van der Waals surface area contributed by atoms with E-state index in [1.165, 1.54) is 23.1 Å². The van der Waals surface area contributed by atoms with E-state index in [1.54, 1.807) is 0 Å². The van der Waals surface area contributed by atoms with Gasteiger partial charge in [0.25, 0.3) is 5.91 Å². The van der Waals surface area contributed by atoms with Gasteiger partial charge in [0.05, 0.1) is 11.1 Å². The number of rotatable bonds is 1. The van der Waals surface area contributed by atoms with Gasteiger partial charge in [0.2, 0.25) is 0 Å². The van der Waals surface area contributed by atoms with Crippen LogP contribution in [-0.4, -0.2) is 36.0 Å². The van der Waals surface area contributed by atoms with Gasteiger partial charge in [-0.05, 0) is 26.0 Å². The average molecular weight is 286 g/mol. The topological polar surface area (TPSA) is 32.3 Å². The number of nitrogens with zero attached hydrogens (tertiary/aromatic N) is 1. The van der Waals surface area contributed by atoms with Crippen molar-refractivity contribution in [2.75, 3.05) is 19.6 Å². The van der Waals surface area contributed by atoms with Gasteiger partial charge in [0.1, 0.15) is 0 Å². The molecule has 1 saturated heterocycles. The molecule has 0 spiro atoms. The Kier molecular flexibility index (Phi) is 3.77. The molecule has 0 radical (unpaired) electrons. The molecule has 2 rings (SSSR count). The molecule has 1 aliphatic heterocycles.